The van der Waals surface area contributed by atoms with Crippen molar-refractivity contribution in [3.05, 3.63) is 35.6 Å². The lowest BCUT2D eigenvalue weighted by Gasteiger charge is -2.41. The third kappa shape index (κ3) is 5.31. The van der Waals surface area contributed by atoms with E-state index in [0.29, 0.717) is 13.0 Å². The number of piperidine rings is 1. The molecule has 1 aromatic rings. The third-order valence-corrected chi connectivity index (χ3v) is 5.34. The number of hydrogen-bond acceptors (Lipinski definition) is 3. The Morgan fingerprint density at radius 3 is 2.78 bits per heavy atom. The van der Waals surface area contributed by atoms with Gasteiger partial charge in [-0.2, -0.15) is 0 Å². The average molecular weight is 490 g/mol. The molecular formula is C19H28FIN4O2. The van der Waals surface area contributed by atoms with E-state index in [9.17, 15) is 9.18 Å². The zero-order chi connectivity index (χ0) is 18.6. The second kappa shape index (κ2) is 9.68. The number of carbonyl (C=O) groups excluding carboxylic acids is 1. The third-order valence-electron chi connectivity index (χ3n) is 5.34. The number of likely N-dealkylation sites (tertiary alicyclic amines) is 1. The molecule has 8 heteroatoms. The van der Waals surface area contributed by atoms with Gasteiger partial charge in [-0.05, 0) is 30.5 Å². The minimum Gasteiger partial charge on any atom is -0.375 e. The number of rotatable bonds is 4. The topological polar surface area (TPSA) is 66.0 Å². The summed E-state index contributed by atoms with van der Waals surface area (Å²) in [4.78, 5) is 18.3. The molecule has 0 radical (unpaired) electrons. The van der Waals surface area contributed by atoms with Gasteiger partial charge in [-0.3, -0.25) is 9.79 Å². The van der Waals surface area contributed by atoms with Crippen LogP contribution in [-0.4, -0.2) is 57.1 Å². The normalized spacial score (nSPS) is 23.7. The van der Waals surface area contributed by atoms with Crippen LogP contribution in [0, 0.1) is 11.2 Å². The van der Waals surface area contributed by atoms with Crippen molar-refractivity contribution in [1.82, 2.24) is 15.5 Å². The van der Waals surface area contributed by atoms with Gasteiger partial charge in [0.1, 0.15) is 5.82 Å². The van der Waals surface area contributed by atoms with Gasteiger partial charge >= 0.3 is 0 Å². The Hall–Kier alpha value is -1.42. The standard InChI is InChI=1S/C19H27FN4O2.HI/c1-21-18(22-11-16(26-2)14-4-6-15(20)7-5-14)24-9-3-8-19(13-24)10-17(25)23-12-19;/h4-7,16H,3,8-13H2,1-2H3,(H,21,22)(H,23,25);1H. The molecule has 2 saturated heterocycles. The van der Waals surface area contributed by atoms with Crippen LogP contribution in [0.5, 0.6) is 0 Å². The van der Waals surface area contributed by atoms with Crippen LogP contribution in [0.2, 0.25) is 0 Å². The van der Waals surface area contributed by atoms with E-state index in [4.69, 9.17) is 4.74 Å². The number of nitrogens with zero attached hydrogens (tertiary/aromatic N) is 2. The quantitative estimate of drug-likeness (QED) is 0.387. The van der Waals surface area contributed by atoms with Gasteiger partial charge < -0.3 is 20.3 Å². The molecule has 2 heterocycles. The van der Waals surface area contributed by atoms with Gasteiger partial charge in [0, 0.05) is 52.2 Å². The number of aliphatic imine (C=N–C) groups is 1. The lowest BCUT2D eigenvalue weighted by Crippen LogP contribution is -2.51. The van der Waals surface area contributed by atoms with Crippen LogP contribution in [0.3, 0.4) is 0 Å². The molecule has 1 spiro atoms. The van der Waals surface area contributed by atoms with Crippen LogP contribution in [0.15, 0.2) is 29.3 Å². The van der Waals surface area contributed by atoms with Gasteiger partial charge in [-0.25, -0.2) is 4.39 Å². The zero-order valence-corrected chi connectivity index (χ0v) is 18.2. The second-order valence-corrected chi connectivity index (χ2v) is 7.18. The second-order valence-electron chi connectivity index (χ2n) is 7.18. The van der Waals surface area contributed by atoms with Crippen molar-refractivity contribution >= 4 is 35.8 Å². The van der Waals surface area contributed by atoms with Crippen LogP contribution in [0.25, 0.3) is 0 Å². The predicted molar refractivity (Wildman–Crippen MR) is 114 cm³/mol. The number of amides is 1. The molecule has 2 aliphatic rings. The van der Waals surface area contributed by atoms with Crippen LogP contribution in [0.1, 0.15) is 30.9 Å². The van der Waals surface area contributed by atoms with Gasteiger partial charge in [-0.1, -0.05) is 12.1 Å². The fourth-order valence-electron chi connectivity index (χ4n) is 3.96. The lowest BCUT2D eigenvalue weighted by molar-refractivity contribution is -0.119. The van der Waals surface area contributed by atoms with Crippen LogP contribution >= 0.6 is 24.0 Å². The Morgan fingerprint density at radius 1 is 1.44 bits per heavy atom. The number of nitrogens with one attached hydrogen (secondary N) is 2. The molecule has 2 aliphatic heterocycles. The molecule has 2 fully saturated rings. The first kappa shape index (κ1) is 21.9. The Morgan fingerprint density at radius 2 is 2.19 bits per heavy atom. The molecule has 2 N–H and O–H groups in total. The first-order valence-electron chi connectivity index (χ1n) is 9.06. The lowest BCUT2D eigenvalue weighted by atomic mass is 9.79. The van der Waals surface area contributed by atoms with Crippen molar-refractivity contribution < 1.29 is 13.9 Å². The van der Waals surface area contributed by atoms with Crippen molar-refractivity contribution in [2.45, 2.75) is 25.4 Å². The van der Waals surface area contributed by atoms with E-state index < -0.39 is 0 Å². The molecule has 1 aromatic carbocycles. The van der Waals surface area contributed by atoms with Crippen molar-refractivity contribution in [2.24, 2.45) is 10.4 Å². The summed E-state index contributed by atoms with van der Waals surface area (Å²) in [7, 11) is 3.41. The molecule has 3 rings (SSSR count). The van der Waals surface area contributed by atoms with Crippen LogP contribution in [-0.2, 0) is 9.53 Å². The number of ether oxygens (including phenoxy) is 1. The molecule has 6 nitrogen and oxygen atoms in total. The van der Waals surface area contributed by atoms with E-state index in [0.717, 1.165) is 44.0 Å². The maximum Gasteiger partial charge on any atom is 0.220 e. The molecule has 1 amide bonds. The number of halogens is 2. The molecule has 2 unspecified atom stereocenters. The summed E-state index contributed by atoms with van der Waals surface area (Å²) in [5.74, 6) is 0.698. The minimum atomic E-state index is -0.259. The van der Waals surface area contributed by atoms with Gasteiger partial charge in [-0.15, -0.1) is 24.0 Å². The molecule has 27 heavy (non-hydrogen) atoms. The summed E-state index contributed by atoms with van der Waals surface area (Å²) >= 11 is 0. The van der Waals surface area contributed by atoms with E-state index in [1.54, 1.807) is 26.3 Å². The van der Waals surface area contributed by atoms with Crippen molar-refractivity contribution in [3.8, 4) is 0 Å². The summed E-state index contributed by atoms with van der Waals surface area (Å²) < 4.78 is 18.7. The van der Waals surface area contributed by atoms with E-state index in [-0.39, 0.29) is 47.2 Å². The highest BCUT2D eigenvalue weighted by molar-refractivity contribution is 14.0. The summed E-state index contributed by atoms with van der Waals surface area (Å²) in [6.07, 6.45) is 2.51. The van der Waals surface area contributed by atoms with Crippen molar-refractivity contribution in [3.63, 3.8) is 0 Å². The van der Waals surface area contributed by atoms with Gasteiger partial charge in [0.15, 0.2) is 5.96 Å². The summed E-state index contributed by atoms with van der Waals surface area (Å²) in [6, 6.07) is 6.35. The van der Waals surface area contributed by atoms with Gasteiger partial charge in [0.05, 0.1) is 6.10 Å². The largest absolute Gasteiger partial charge is 0.375 e. The SMILES string of the molecule is CN=C(NCC(OC)c1ccc(F)cc1)N1CCCC2(CNC(=O)C2)C1.I. The van der Waals surface area contributed by atoms with E-state index in [2.05, 4.69) is 20.5 Å². The Labute approximate surface area is 177 Å². The van der Waals surface area contributed by atoms with E-state index in [1.807, 2.05) is 0 Å². The molecule has 0 saturated carbocycles. The van der Waals surface area contributed by atoms with E-state index in [1.165, 1.54) is 12.1 Å². The highest BCUT2D eigenvalue weighted by atomic mass is 127. The fourth-order valence-corrected chi connectivity index (χ4v) is 3.96. The maximum atomic E-state index is 13.1. The number of guanidine groups is 1. The van der Waals surface area contributed by atoms with E-state index >= 15 is 0 Å². The monoisotopic (exact) mass is 490 g/mol. The Kier molecular flexibility index (Phi) is 7.84. The molecule has 150 valence electrons. The Balaban J connectivity index is 0.00000261. The first-order chi connectivity index (χ1) is 12.5. The molecule has 0 aliphatic carbocycles. The fraction of sp³-hybridized carbons (Fsp3) is 0.579. The van der Waals surface area contributed by atoms with Crippen LogP contribution in [0.4, 0.5) is 4.39 Å². The molecule has 0 bridgehead atoms. The Bertz CT molecular complexity index is 670. The molecule has 2 atom stereocenters. The highest BCUT2D eigenvalue weighted by Gasteiger charge is 2.42. The average Bonchev–Trinajstić information content (AvgIpc) is 3.00. The number of carbonyl (C=O) groups is 1. The smallest absolute Gasteiger partial charge is 0.220 e. The minimum absolute atomic E-state index is 0. The van der Waals surface area contributed by atoms with Crippen molar-refractivity contribution in [1.29, 1.82) is 0 Å². The number of hydrogen-bond donors (Lipinski definition) is 2. The van der Waals surface area contributed by atoms with Crippen LogP contribution < -0.4 is 10.6 Å². The molecule has 0 aromatic heterocycles. The number of benzene rings is 1. The first-order valence-corrected chi connectivity index (χ1v) is 9.06. The summed E-state index contributed by atoms with van der Waals surface area (Å²) in [5, 5.41) is 6.34. The van der Waals surface area contributed by atoms with Gasteiger partial charge in [0.2, 0.25) is 5.91 Å². The molecular weight excluding hydrogens is 462 g/mol. The van der Waals surface area contributed by atoms with Gasteiger partial charge in [0.25, 0.3) is 0 Å². The summed E-state index contributed by atoms with van der Waals surface area (Å²) in [5.41, 5.74) is 0.933. The predicted octanol–water partition coefficient (Wildman–Crippen LogP) is 2.31. The summed E-state index contributed by atoms with van der Waals surface area (Å²) in [6.45, 7) is 3.02. The maximum absolute atomic E-state index is 13.1. The zero-order valence-electron chi connectivity index (χ0n) is 15.8. The number of methoxy groups -OCH3 is 1. The van der Waals surface area contributed by atoms with Crippen molar-refractivity contribution in [2.75, 3.05) is 40.3 Å². The highest BCUT2D eigenvalue weighted by Crippen LogP contribution is 2.36.